The van der Waals surface area contributed by atoms with Gasteiger partial charge in [-0.2, -0.15) is 0 Å². The monoisotopic (exact) mass is 206 g/mol. The Bertz CT molecular complexity index is 378. The van der Waals surface area contributed by atoms with Crippen molar-refractivity contribution >= 4 is 0 Å². The molecule has 0 radical (unpaired) electrons. The number of hydrogen-bond donors (Lipinski definition) is 1. The largest absolute Gasteiger partial charge is 0.325 e. The van der Waals surface area contributed by atoms with Crippen LogP contribution in [-0.4, -0.2) is 20.3 Å². The summed E-state index contributed by atoms with van der Waals surface area (Å²) in [4.78, 5) is 0. The lowest BCUT2D eigenvalue weighted by molar-refractivity contribution is 0.309. The van der Waals surface area contributed by atoms with Gasteiger partial charge in [-0.25, -0.2) is 0 Å². The van der Waals surface area contributed by atoms with Crippen LogP contribution in [0.5, 0.6) is 0 Å². The van der Waals surface area contributed by atoms with Gasteiger partial charge < -0.3 is 10.3 Å². The van der Waals surface area contributed by atoms with Gasteiger partial charge in [0.15, 0.2) is 0 Å². The van der Waals surface area contributed by atoms with Gasteiger partial charge in [0, 0.05) is 24.9 Å². The first-order chi connectivity index (χ1) is 7.23. The Morgan fingerprint density at radius 2 is 2.27 bits per heavy atom. The van der Waals surface area contributed by atoms with Gasteiger partial charge in [0.05, 0.1) is 0 Å². The molecule has 15 heavy (non-hydrogen) atoms. The van der Waals surface area contributed by atoms with Gasteiger partial charge in [-0.1, -0.05) is 6.92 Å². The maximum absolute atomic E-state index is 6.26. The molecule has 0 saturated heterocycles. The third-order valence-corrected chi connectivity index (χ3v) is 3.99. The van der Waals surface area contributed by atoms with Crippen LogP contribution in [0.3, 0.4) is 0 Å². The third kappa shape index (κ3) is 1.39. The van der Waals surface area contributed by atoms with Crippen LogP contribution in [0.15, 0.2) is 0 Å². The first-order valence-corrected chi connectivity index (χ1v) is 5.93. The van der Waals surface area contributed by atoms with Crippen molar-refractivity contribution in [2.45, 2.75) is 51.1 Å². The average molecular weight is 206 g/mol. The minimum Gasteiger partial charge on any atom is -0.325 e. The molecule has 1 aliphatic carbocycles. The van der Waals surface area contributed by atoms with Gasteiger partial charge >= 0.3 is 0 Å². The van der Waals surface area contributed by atoms with Crippen molar-refractivity contribution in [3.05, 3.63) is 11.6 Å². The number of hydrogen-bond acceptors (Lipinski definition) is 3. The molecule has 1 atom stereocenters. The lowest BCUT2D eigenvalue weighted by Crippen LogP contribution is -2.37. The Kier molecular flexibility index (Phi) is 1.89. The second-order valence-corrected chi connectivity index (χ2v) is 4.96. The second-order valence-electron chi connectivity index (χ2n) is 4.96. The van der Waals surface area contributed by atoms with Crippen LogP contribution >= 0.6 is 0 Å². The van der Waals surface area contributed by atoms with Crippen LogP contribution in [0.2, 0.25) is 0 Å². The van der Waals surface area contributed by atoms with Gasteiger partial charge in [-0.15, -0.1) is 10.2 Å². The quantitative estimate of drug-likeness (QED) is 0.782. The minimum atomic E-state index is 0.142. The van der Waals surface area contributed by atoms with E-state index in [1.54, 1.807) is 0 Å². The summed E-state index contributed by atoms with van der Waals surface area (Å²) in [6.07, 6.45) is 5.61. The van der Waals surface area contributed by atoms with Gasteiger partial charge in [-0.05, 0) is 25.2 Å². The highest BCUT2D eigenvalue weighted by atomic mass is 15.3. The number of rotatable bonds is 2. The number of nitrogens with zero attached hydrogens (tertiary/aromatic N) is 3. The van der Waals surface area contributed by atoms with E-state index in [0.29, 0.717) is 5.92 Å². The maximum atomic E-state index is 6.26. The zero-order valence-corrected chi connectivity index (χ0v) is 9.24. The summed E-state index contributed by atoms with van der Waals surface area (Å²) in [7, 11) is 0. The normalized spacial score (nSPS) is 27.5. The lowest BCUT2D eigenvalue weighted by atomic mass is 9.88. The van der Waals surface area contributed by atoms with Crippen LogP contribution in [0.4, 0.5) is 0 Å². The fourth-order valence-corrected chi connectivity index (χ4v) is 2.69. The van der Waals surface area contributed by atoms with Crippen LogP contribution in [0, 0.1) is 5.92 Å². The van der Waals surface area contributed by atoms with Crippen LogP contribution < -0.4 is 5.73 Å². The highest BCUT2D eigenvalue weighted by Crippen LogP contribution is 2.44. The molecule has 2 heterocycles. The van der Waals surface area contributed by atoms with E-state index in [4.69, 9.17) is 5.73 Å². The smallest absolute Gasteiger partial charge is 0.133 e. The molecule has 82 valence electrons. The number of aryl methyl sites for hydroxylation is 1. The van der Waals surface area contributed by atoms with Crippen molar-refractivity contribution in [1.82, 2.24) is 14.8 Å². The molecule has 0 spiro atoms. The van der Waals surface area contributed by atoms with E-state index >= 15 is 0 Å². The molecule has 0 aromatic carbocycles. The highest BCUT2D eigenvalue weighted by Gasteiger charge is 2.46. The van der Waals surface area contributed by atoms with E-state index in [1.807, 2.05) is 0 Å². The van der Waals surface area contributed by atoms with Gasteiger partial charge in [0.25, 0.3) is 0 Å². The summed E-state index contributed by atoms with van der Waals surface area (Å²) in [5.41, 5.74) is 6.40. The van der Waals surface area contributed by atoms with E-state index in [-0.39, 0.29) is 5.54 Å². The molecule has 4 nitrogen and oxygen atoms in total. The molecular weight excluding hydrogens is 188 g/mol. The van der Waals surface area contributed by atoms with Crippen LogP contribution in [0.25, 0.3) is 0 Å². The standard InChI is InChI=1S/C11H18N4/c1-2-9-13-14-10-7-8(3-6-15(9)10)11(12)4-5-11/h8H,2-7,12H2,1H3. The molecule has 1 aromatic heterocycles. The van der Waals surface area contributed by atoms with Crippen molar-refractivity contribution < 1.29 is 0 Å². The van der Waals surface area contributed by atoms with Crippen LogP contribution in [0.1, 0.15) is 37.8 Å². The topological polar surface area (TPSA) is 56.7 Å². The van der Waals surface area contributed by atoms with Gasteiger partial charge in [0.2, 0.25) is 0 Å². The second kappa shape index (κ2) is 3.04. The summed E-state index contributed by atoms with van der Waals surface area (Å²) in [5, 5.41) is 8.50. The molecule has 3 rings (SSSR count). The van der Waals surface area contributed by atoms with E-state index in [1.165, 1.54) is 19.3 Å². The fraction of sp³-hybridized carbons (Fsp3) is 0.818. The zero-order chi connectivity index (χ0) is 10.5. The summed E-state index contributed by atoms with van der Waals surface area (Å²) < 4.78 is 2.28. The average Bonchev–Trinajstić information content (AvgIpc) is 2.88. The molecule has 1 unspecified atom stereocenters. The molecule has 4 heteroatoms. The first kappa shape index (κ1) is 9.33. The Balaban J connectivity index is 1.84. The van der Waals surface area contributed by atoms with Gasteiger partial charge in [0.1, 0.15) is 11.6 Å². The molecule has 0 amide bonds. The van der Waals surface area contributed by atoms with E-state index in [0.717, 1.165) is 31.0 Å². The number of fused-ring (bicyclic) bond motifs is 1. The van der Waals surface area contributed by atoms with Crippen molar-refractivity contribution in [2.24, 2.45) is 11.7 Å². The predicted octanol–water partition coefficient (Wildman–Crippen LogP) is 0.894. The molecule has 1 saturated carbocycles. The van der Waals surface area contributed by atoms with E-state index in [2.05, 4.69) is 21.7 Å². The summed E-state index contributed by atoms with van der Waals surface area (Å²) in [6, 6.07) is 0. The molecule has 2 N–H and O–H groups in total. The first-order valence-electron chi connectivity index (χ1n) is 5.93. The maximum Gasteiger partial charge on any atom is 0.133 e. The SMILES string of the molecule is CCc1nnc2n1CCC(C1(N)CC1)C2. The predicted molar refractivity (Wildman–Crippen MR) is 57.4 cm³/mol. The Morgan fingerprint density at radius 3 is 2.93 bits per heavy atom. The molecule has 1 aromatic rings. The van der Waals surface area contributed by atoms with E-state index < -0.39 is 0 Å². The Hall–Kier alpha value is -0.900. The fourth-order valence-electron chi connectivity index (χ4n) is 2.69. The summed E-state index contributed by atoms with van der Waals surface area (Å²) in [6.45, 7) is 3.20. The summed E-state index contributed by atoms with van der Waals surface area (Å²) >= 11 is 0. The molecule has 1 aliphatic heterocycles. The highest BCUT2D eigenvalue weighted by molar-refractivity contribution is 5.10. The van der Waals surface area contributed by atoms with Crippen LogP contribution in [-0.2, 0) is 19.4 Å². The molecular formula is C11H18N4. The number of aromatic nitrogens is 3. The Morgan fingerprint density at radius 1 is 1.47 bits per heavy atom. The van der Waals surface area contributed by atoms with E-state index in [9.17, 15) is 0 Å². The lowest BCUT2D eigenvalue weighted by Gasteiger charge is -2.28. The van der Waals surface area contributed by atoms with Crippen molar-refractivity contribution in [2.75, 3.05) is 0 Å². The Labute approximate surface area is 89.9 Å². The van der Waals surface area contributed by atoms with Gasteiger partial charge in [-0.3, -0.25) is 0 Å². The van der Waals surface area contributed by atoms with Crippen molar-refractivity contribution in [1.29, 1.82) is 0 Å². The minimum absolute atomic E-state index is 0.142. The molecule has 0 bridgehead atoms. The van der Waals surface area contributed by atoms with Crippen molar-refractivity contribution in [3.8, 4) is 0 Å². The molecule has 1 fully saturated rings. The number of nitrogens with two attached hydrogens (primary N) is 1. The third-order valence-electron chi connectivity index (χ3n) is 3.99. The zero-order valence-electron chi connectivity index (χ0n) is 9.24. The summed E-state index contributed by atoms with van der Waals surface area (Å²) in [5.74, 6) is 2.92. The van der Waals surface area contributed by atoms with Crippen molar-refractivity contribution in [3.63, 3.8) is 0 Å². The molecule has 2 aliphatic rings.